The van der Waals surface area contributed by atoms with Crippen LogP contribution in [0, 0.1) is 6.92 Å². The second-order valence-electron chi connectivity index (χ2n) is 7.11. The summed E-state index contributed by atoms with van der Waals surface area (Å²) in [5.74, 6) is 0.703. The van der Waals surface area contributed by atoms with Crippen molar-refractivity contribution >= 4 is 29.4 Å². The highest BCUT2D eigenvalue weighted by molar-refractivity contribution is 6.03. The molecule has 3 rings (SSSR count). The molecule has 10 nitrogen and oxygen atoms in total. The molecule has 2 aromatic rings. The van der Waals surface area contributed by atoms with E-state index in [0.717, 1.165) is 5.69 Å². The van der Waals surface area contributed by atoms with Crippen LogP contribution >= 0.6 is 0 Å². The van der Waals surface area contributed by atoms with Gasteiger partial charge in [-0.05, 0) is 45.2 Å². The number of nitrogens with zero attached hydrogens (tertiary/aromatic N) is 2. The summed E-state index contributed by atoms with van der Waals surface area (Å²) >= 11 is 0. The summed E-state index contributed by atoms with van der Waals surface area (Å²) in [5, 5.41) is 7.54. The zero-order valence-corrected chi connectivity index (χ0v) is 17.6. The number of aryl methyl sites for hydroxylation is 1. The Hall–Kier alpha value is -3.66. The van der Waals surface area contributed by atoms with Crippen molar-refractivity contribution in [2.75, 3.05) is 37.4 Å². The molecule has 1 aromatic carbocycles. The van der Waals surface area contributed by atoms with Gasteiger partial charge in [0.15, 0.2) is 11.5 Å². The van der Waals surface area contributed by atoms with Crippen LogP contribution in [-0.4, -0.2) is 60.6 Å². The lowest BCUT2D eigenvalue weighted by Gasteiger charge is -2.23. The monoisotopic (exact) mass is 427 g/mol. The number of hydrogen-bond donors (Lipinski definition) is 3. The highest BCUT2D eigenvalue weighted by atomic mass is 16.6. The zero-order valence-electron chi connectivity index (χ0n) is 17.6. The minimum Gasteiger partial charge on any atom is -0.486 e. The van der Waals surface area contributed by atoms with Gasteiger partial charge in [0, 0.05) is 17.4 Å². The van der Waals surface area contributed by atoms with E-state index in [9.17, 15) is 14.4 Å². The molecule has 0 spiro atoms. The van der Waals surface area contributed by atoms with Crippen LogP contribution in [0.3, 0.4) is 0 Å². The standard InChI is InChI=1S/C21H25N5O5/c1-13-5-4-6-18(22-13)24-19(27)12-26(3)14(2)20(28)25-21(29)23-15-7-8-16-17(11-15)31-10-9-30-16/h4-8,11,14H,9-10,12H2,1-3H3,(H,22,24,27)(H2,23,25,28,29). The summed E-state index contributed by atoms with van der Waals surface area (Å²) in [7, 11) is 1.62. The van der Waals surface area contributed by atoms with Gasteiger partial charge in [-0.1, -0.05) is 6.07 Å². The molecule has 1 aliphatic heterocycles. The number of pyridine rings is 1. The van der Waals surface area contributed by atoms with Crippen molar-refractivity contribution in [3.8, 4) is 11.5 Å². The van der Waals surface area contributed by atoms with Gasteiger partial charge in [-0.15, -0.1) is 0 Å². The first-order chi connectivity index (χ1) is 14.8. The van der Waals surface area contributed by atoms with E-state index < -0.39 is 18.0 Å². The molecule has 1 atom stereocenters. The molecule has 0 saturated heterocycles. The van der Waals surface area contributed by atoms with Crippen molar-refractivity contribution < 1.29 is 23.9 Å². The number of carbonyl (C=O) groups excluding carboxylic acids is 3. The van der Waals surface area contributed by atoms with Gasteiger partial charge in [-0.25, -0.2) is 9.78 Å². The number of hydrogen-bond acceptors (Lipinski definition) is 7. The number of benzene rings is 1. The molecule has 2 heterocycles. The summed E-state index contributed by atoms with van der Waals surface area (Å²) in [6.45, 7) is 4.28. The van der Waals surface area contributed by atoms with Crippen LogP contribution in [0.4, 0.5) is 16.3 Å². The fourth-order valence-corrected chi connectivity index (χ4v) is 2.86. The van der Waals surface area contributed by atoms with Crippen LogP contribution in [0.1, 0.15) is 12.6 Å². The second-order valence-corrected chi connectivity index (χ2v) is 7.11. The van der Waals surface area contributed by atoms with E-state index in [1.807, 2.05) is 13.0 Å². The van der Waals surface area contributed by atoms with E-state index >= 15 is 0 Å². The van der Waals surface area contributed by atoms with Crippen molar-refractivity contribution in [1.82, 2.24) is 15.2 Å². The van der Waals surface area contributed by atoms with Gasteiger partial charge in [0.2, 0.25) is 11.8 Å². The molecule has 31 heavy (non-hydrogen) atoms. The molecular formula is C21H25N5O5. The van der Waals surface area contributed by atoms with Gasteiger partial charge in [-0.2, -0.15) is 0 Å². The Morgan fingerprint density at radius 3 is 2.58 bits per heavy atom. The van der Waals surface area contributed by atoms with E-state index in [2.05, 4.69) is 20.9 Å². The Morgan fingerprint density at radius 2 is 1.84 bits per heavy atom. The van der Waals surface area contributed by atoms with Crippen LogP contribution in [0.25, 0.3) is 0 Å². The number of amides is 4. The average molecular weight is 427 g/mol. The zero-order chi connectivity index (χ0) is 22.4. The fraction of sp³-hybridized carbons (Fsp3) is 0.333. The van der Waals surface area contributed by atoms with Crippen molar-refractivity contribution in [3.05, 3.63) is 42.1 Å². The molecule has 1 unspecified atom stereocenters. The molecule has 4 amide bonds. The number of imide groups is 1. The maximum absolute atomic E-state index is 12.4. The van der Waals surface area contributed by atoms with Crippen LogP contribution in [-0.2, 0) is 9.59 Å². The number of fused-ring (bicyclic) bond motifs is 1. The minimum atomic E-state index is -0.720. The molecule has 0 saturated carbocycles. The summed E-state index contributed by atoms with van der Waals surface area (Å²) < 4.78 is 10.9. The molecule has 0 aliphatic carbocycles. The second kappa shape index (κ2) is 9.90. The number of nitrogens with one attached hydrogen (secondary N) is 3. The lowest BCUT2D eigenvalue weighted by molar-refractivity contribution is -0.125. The predicted octanol–water partition coefficient (Wildman–Crippen LogP) is 1.77. The van der Waals surface area contributed by atoms with E-state index in [0.29, 0.717) is 36.2 Å². The van der Waals surface area contributed by atoms with E-state index in [4.69, 9.17) is 9.47 Å². The lowest BCUT2D eigenvalue weighted by atomic mass is 10.2. The van der Waals surface area contributed by atoms with Crippen molar-refractivity contribution in [1.29, 1.82) is 0 Å². The van der Waals surface area contributed by atoms with Gasteiger partial charge < -0.3 is 20.1 Å². The maximum atomic E-state index is 12.4. The first-order valence-corrected chi connectivity index (χ1v) is 9.77. The Morgan fingerprint density at radius 1 is 1.10 bits per heavy atom. The van der Waals surface area contributed by atoms with Crippen LogP contribution in [0.5, 0.6) is 11.5 Å². The van der Waals surface area contributed by atoms with Gasteiger partial charge >= 0.3 is 6.03 Å². The number of likely N-dealkylation sites (N-methyl/N-ethyl adjacent to an activating group) is 1. The van der Waals surface area contributed by atoms with Crippen molar-refractivity contribution in [3.63, 3.8) is 0 Å². The molecule has 3 N–H and O–H groups in total. The normalized spacial score (nSPS) is 13.3. The highest BCUT2D eigenvalue weighted by Gasteiger charge is 2.22. The lowest BCUT2D eigenvalue weighted by Crippen LogP contribution is -2.48. The molecule has 0 fully saturated rings. The van der Waals surface area contributed by atoms with Crippen LogP contribution < -0.4 is 25.4 Å². The summed E-state index contributed by atoms with van der Waals surface area (Å²) in [5.41, 5.74) is 1.24. The first-order valence-electron chi connectivity index (χ1n) is 9.77. The van der Waals surface area contributed by atoms with Crippen molar-refractivity contribution in [2.45, 2.75) is 19.9 Å². The first kappa shape index (κ1) is 22.0. The quantitative estimate of drug-likeness (QED) is 0.642. The number of anilines is 2. The molecule has 164 valence electrons. The molecule has 0 radical (unpaired) electrons. The number of urea groups is 1. The third kappa shape index (κ3) is 6.16. The topological polar surface area (TPSA) is 122 Å². The van der Waals surface area contributed by atoms with Gasteiger partial charge in [0.25, 0.3) is 0 Å². The minimum absolute atomic E-state index is 0.0476. The highest BCUT2D eigenvalue weighted by Crippen LogP contribution is 2.32. The molecular weight excluding hydrogens is 402 g/mol. The van der Waals surface area contributed by atoms with Crippen molar-refractivity contribution in [2.24, 2.45) is 0 Å². The Labute approximate surface area is 179 Å². The molecule has 1 aliphatic rings. The Balaban J connectivity index is 1.48. The fourth-order valence-electron chi connectivity index (χ4n) is 2.86. The van der Waals surface area contributed by atoms with Gasteiger partial charge in [0.05, 0.1) is 12.6 Å². The number of rotatable bonds is 6. The van der Waals surface area contributed by atoms with E-state index in [1.54, 1.807) is 44.3 Å². The third-order valence-corrected chi connectivity index (χ3v) is 4.63. The number of ether oxygens (including phenoxy) is 2. The molecule has 0 bridgehead atoms. The maximum Gasteiger partial charge on any atom is 0.325 e. The van der Waals surface area contributed by atoms with Crippen LogP contribution in [0.15, 0.2) is 36.4 Å². The summed E-state index contributed by atoms with van der Waals surface area (Å²) in [4.78, 5) is 42.5. The van der Waals surface area contributed by atoms with E-state index in [1.165, 1.54) is 4.90 Å². The Kier molecular flexibility index (Phi) is 7.03. The smallest absolute Gasteiger partial charge is 0.325 e. The van der Waals surface area contributed by atoms with E-state index in [-0.39, 0.29) is 12.5 Å². The van der Waals surface area contributed by atoms with Gasteiger partial charge in [-0.3, -0.25) is 19.8 Å². The molecule has 10 heteroatoms. The van der Waals surface area contributed by atoms with Gasteiger partial charge in [0.1, 0.15) is 19.0 Å². The summed E-state index contributed by atoms with van der Waals surface area (Å²) in [6.07, 6.45) is 0. The summed E-state index contributed by atoms with van der Waals surface area (Å²) in [6, 6.07) is 8.85. The molecule has 1 aromatic heterocycles. The average Bonchev–Trinajstić information content (AvgIpc) is 2.72. The third-order valence-electron chi connectivity index (χ3n) is 4.63. The predicted molar refractivity (Wildman–Crippen MR) is 114 cm³/mol. The Bertz CT molecular complexity index is 980. The largest absolute Gasteiger partial charge is 0.486 e. The number of carbonyl (C=O) groups is 3. The van der Waals surface area contributed by atoms with Crippen LogP contribution in [0.2, 0.25) is 0 Å². The SMILES string of the molecule is Cc1cccc(NC(=O)CN(C)C(C)C(=O)NC(=O)Nc2ccc3c(c2)OCCO3)n1. The number of aromatic nitrogens is 1.